The van der Waals surface area contributed by atoms with Crippen molar-refractivity contribution >= 4 is 15.8 Å². The van der Waals surface area contributed by atoms with Crippen molar-refractivity contribution in [1.29, 1.82) is 0 Å². The Balaban J connectivity index is 1.54. The van der Waals surface area contributed by atoms with Gasteiger partial charge in [-0.2, -0.15) is 0 Å². The van der Waals surface area contributed by atoms with Crippen LogP contribution in [0, 0.1) is 12.8 Å². The lowest BCUT2D eigenvalue weighted by Crippen LogP contribution is -2.39. The number of hydrogen-bond donors (Lipinski definition) is 2. The maximum Gasteiger partial charge on any atom is 0.191 e. The first-order valence-electron chi connectivity index (χ1n) is 9.44. The third-order valence-electron chi connectivity index (χ3n) is 4.96. The summed E-state index contributed by atoms with van der Waals surface area (Å²) >= 11 is 0. The second-order valence-electron chi connectivity index (χ2n) is 7.29. The van der Waals surface area contributed by atoms with Gasteiger partial charge in [0.25, 0.3) is 0 Å². The molecule has 2 aliphatic rings. The number of sulfone groups is 1. The van der Waals surface area contributed by atoms with Gasteiger partial charge in [-0.1, -0.05) is 12.1 Å². The summed E-state index contributed by atoms with van der Waals surface area (Å²) in [4.78, 5) is 4.24. The fourth-order valence-electron chi connectivity index (χ4n) is 3.38. The summed E-state index contributed by atoms with van der Waals surface area (Å²) < 4.78 is 34.7. The number of nitrogens with one attached hydrogen (secondary N) is 2. The van der Waals surface area contributed by atoms with E-state index in [-0.39, 0.29) is 17.8 Å². The van der Waals surface area contributed by atoms with Crippen molar-refractivity contribution < 1.29 is 17.9 Å². The Morgan fingerprint density at radius 3 is 2.85 bits per heavy atom. The average molecular weight is 396 g/mol. The molecule has 2 atom stereocenters. The number of benzene rings is 1. The molecule has 1 aromatic rings. The van der Waals surface area contributed by atoms with Gasteiger partial charge in [0, 0.05) is 32.1 Å². The molecular weight excluding hydrogens is 366 g/mol. The lowest BCUT2D eigenvalue weighted by atomic mass is 10.1. The van der Waals surface area contributed by atoms with Crippen molar-refractivity contribution in [2.75, 3.05) is 38.3 Å². The van der Waals surface area contributed by atoms with Crippen molar-refractivity contribution in [1.82, 2.24) is 10.6 Å². The third kappa shape index (κ3) is 5.84. The molecule has 2 saturated heterocycles. The maximum atomic E-state index is 11.6. The predicted octanol–water partition coefficient (Wildman–Crippen LogP) is 1.26. The molecule has 2 unspecified atom stereocenters. The van der Waals surface area contributed by atoms with Crippen molar-refractivity contribution in [2.24, 2.45) is 10.9 Å². The van der Waals surface area contributed by atoms with E-state index in [2.05, 4.69) is 33.8 Å². The molecule has 2 N–H and O–H groups in total. The van der Waals surface area contributed by atoms with Gasteiger partial charge in [-0.15, -0.1) is 0 Å². The van der Waals surface area contributed by atoms with Crippen LogP contribution in [0.4, 0.5) is 0 Å². The molecule has 0 radical (unpaired) electrons. The molecule has 1 aromatic carbocycles. The molecule has 0 saturated carbocycles. The molecule has 0 bridgehead atoms. The highest BCUT2D eigenvalue weighted by Crippen LogP contribution is 2.24. The molecule has 3 rings (SSSR count). The minimum atomic E-state index is -2.85. The van der Waals surface area contributed by atoms with Gasteiger partial charge in [0.1, 0.15) is 11.9 Å². The first-order valence-corrected chi connectivity index (χ1v) is 11.3. The Morgan fingerprint density at radius 1 is 1.33 bits per heavy atom. The summed E-state index contributed by atoms with van der Waals surface area (Å²) in [7, 11) is -1.14. The van der Waals surface area contributed by atoms with Crippen LogP contribution < -0.4 is 15.4 Å². The number of ether oxygens (including phenoxy) is 2. The minimum absolute atomic E-state index is 0.104. The van der Waals surface area contributed by atoms with Crippen LogP contribution in [0.5, 0.6) is 5.75 Å². The van der Waals surface area contributed by atoms with E-state index in [0.717, 1.165) is 29.9 Å². The molecule has 0 spiro atoms. The van der Waals surface area contributed by atoms with Gasteiger partial charge >= 0.3 is 0 Å². The minimum Gasteiger partial charge on any atom is -0.488 e. The summed E-state index contributed by atoms with van der Waals surface area (Å²) in [5.74, 6) is 2.23. The summed E-state index contributed by atoms with van der Waals surface area (Å²) in [6, 6.07) is 6.17. The zero-order chi connectivity index (χ0) is 19.3. The summed E-state index contributed by atoms with van der Waals surface area (Å²) in [6.45, 7) is 4.61. The van der Waals surface area contributed by atoms with Gasteiger partial charge in [0.05, 0.1) is 24.7 Å². The van der Waals surface area contributed by atoms with Crippen LogP contribution in [-0.2, 0) is 21.1 Å². The monoisotopic (exact) mass is 395 g/mol. The number of aliphatic imine (C=N–C) groups is 1. The van der Waals surface area contributed by atoms with Gasteiger partial charge in [-0.25, -0.2) is 8.42 Å². The molecule has 7 nitrogen and oxygen atoms in total. The fourth-order valence-corrected chi connectivity index (χ4v) is 5.24. The Kier molecular flexibility index (Phi) is 6.59. The normalized spacial score (nSPS) is 24.7. The first-order chi connectivity index (χ1) is 12.9. The number of guanidine groups is 1. The molecule has 0 amide bonds. The average Bonchev–Trinajstić information content (AvgIpc) is 3.25. The first kappa shape index (κ1) is 19.9. The number of hydrogen-bond acceptors (Lipinski definition) is 5. The van der Waals surface area contributed by atoms with Crippen LogP contribution in [0.3, 0.4) is 0 Å². The highest BCUT2D eigenvalue weighted by Gasteiger charge is 2.27. The summed E-state index contributed by atoms with van der Waals surface area (Å²) in [5.41, 5.74) is 2.21. The van der Waals surface area contributed by atoms with E-state index in [9.17, 15) is 8.42 Å². The van der Waals surface area contributed by atoms with E-state index in [1.807, 2.05) is 6.92 Å². The number of nitrogens with zero attached hydrogens (tertiary/aromatic N) is 1. The molecule has 2 aliphatic heterocycles. The fraction of sp³-hybridized carbons (Fsp3) is 0.632. The Labute approximate surface area is 161 Å². The van der Waals surface area contributed by atoms with Gasteiger partial charge in [0.2, 0.25) is 0 Å². The zero-order valence-electron chi connectivity index (χ0n) is 16.0. The van der Waals surface area contributed by atoms with E-state index in [1.54, 1.807) is 7.05 Å². The number of rotatable bonds is 6. The highest BCUT2D eigenvalue weighted by molar-refractivity contribution is 7.91. The maximum absolute atomic E-state index is 11.6. The van der Waals surface area contributed by atoms with Crippen molar-refractivity contribution in [3.8, 4) is 5.75 Å². The molecule has 8 heteroatoms. The second-order valence-corrected chi connectivity index (χ2v) is 9.52. The van der Waals surface area contributed by atoms with E-state index in [4.69, 9.17) is 9.47 Å². The highest BCUT2D eigenvalue weighted by atomic mass is 32.2. The summed E-state index contributed by atoms with van der Waals surface area (Å²) in [5, 5.41) is 6.53. The van der Waals surface area contributed by atoms with Crippen LogP contribution in [0.1, 0.15) is 24.0 Å². The largest absolute Gasteiger partial charge is 0.488 e. The van der Waals surface area contributed by atoms with E-state index in [1.165, 1.54) is 0 Å². The van der Waals surface area contributed by atoms with Crippen molar-refractivity contribution in [3.05, 3.63) is 29.3 Å². The van der Waals surface area contributed by atoms with Gasteiger partial charge < -0.3 is 20.1 Å². The van der Waals surface area contributed by atoms with E-state index in [0.29, 0.717) is 37.8 Å². The molecule has 2 fully saturated rings. The van der Waals surface area contributed by atoms with Crippen LogP contribution >= 0.6 is 0 Å². The summed E-state index contributed by atoms with van der Waals surface area (Å²) in [6.07, 6.45) is 1.73. The molecule has 150 valence electrons. The SMILES string of the molecule is CN=C(NCc1ccc(C)cc1OC1CCOC1)NCC1CCS(=O)(=O)C1. The Bertz CT molecular complexity index is 773. The zero-order valence-corrected chi connectivity index (χ0v) is 16.8. The molecule has 27 heavy (non-hydrogen) atoms. The van der Waals surface area contributed by atoms with Crippen molar-refractivity contribution in [2.45, 2.75) is 32.4 Å². The molecule has 2 heterocycles. The van der Waals surface area contributed by atoms with E-state index >= 15 is 0 Å². The smallest absolute Gasteiger partial charge is 0.191 e. The lowest BCUT2D eigenvalue weighted by molar-refractivity contribution is 0.140. The van der Waals surface area contributed by atoms with Gasteiger partial charge in [-0.3, -0.25) is 4.99 Å². The lowest BCUT2D eigenvalue weighted by Gasteiger charge is -2.18. The van der Waals surface area contributed by atoms with Crippen LogP contribution in [0.2, 0.25) is 0 Å². The van der Waals surface area contributed by atoms with Gasteiger partial charge in [-0.05, 0) is 30.9 Å². The van der Waals surface area contributed by atoms with Crippen LogP contribution in [-0.4, -0.2) is 58.8 Å². The molecular formula is C19H29N3O4S. The standard InChI is InChI=1S/C19H29N3O4S/c1-14-3-4-16(18(9-14)26-17-5-7-25-12-17)11-22-19(20-2)21-10-15-6-8-27(23,24)13-15/h3-4,9,15,17H,5-8,10-13H2,1-2H3,(H2,20,21,22). The van der Waals surface area contributed by atoms with Gasteiger partial charge in [0.15, 0.2) is 15.8 Å². The van der Waals surface area contributed by atoms with Crippen molar-refractivity contribution in [3.63, 3.8) is 0 Å². The Hall–Kier alpha value is -1.80. The van der Waals surface area contributed by atoms with Crippen LogP contribution in [0.15, 0.2) is 23.2 Å². The molecule has 0 aliphatic carbocycles. The quantitative estimate of drug-likeness (QED) is 0.557. The van der Waals surface area contributed by atoms with E-state index < -0.39 is 9.84 Å². The third-order valence-corrected chi connectivity index (χ3v) is 6.80. The number of aryl methyl sites for hydroxylation is 1. The topological polar surface area (TPSA) is 89.0 Å². The van der Waals surface area contributed by atoms with Crippen LogP contribution in [0.25, 0.3) is 0 Å². The predicted molar refractivity (Wildman–Crippen MR) is 106 cm³/mol. The molecule has 0 aromatic heterocycles. The second kappa shape index (κ2) is 8.93. The Morgan fingerprint density at radius 2 is 2.19 bits per heavy atom.